The number of amides is 1. The van der Waals surface area contributed by atoms with Crippen LogP contribution in [0.5, 0.6) is 0 Å². The molecular formula is C11H22N2O3S. The van der Waals surface area contributed by atoms with E-state index in [-0.39, 0.29) is 5.92 Å². The molecule has 0 aromatic rings. The lowest BCUT2D eigenvalue weighted by atomic mass is 10.1. The summed E-state index contributed by atoms with van der Waals surface area (Å²) in [7, 11) is -3.61. The maximum Gasteiger partial charge on any atom is 0.303 e. The zero-order valence-electron chi connectivity index (χ0n) is 10.6. The molecule has 100 valence electrons. The summed E-state index contributed by atoms with van der Waals surface area (Å²) in [5.74, 6) is -0.642. The number of piperidine rings is 1. The third-order valence-electron chi connectivity index (χ3n) is 3.05. The molecule has 1 amide bonds. The Morgan fingerprint density at radius 1 is 1.29 bits per heavy atom. The van der Waals surface area contributed by atoms with Crippen LogP contribution < -0.4 is 4.72 Å². The fourth-order valence-electron chi connectivity index (χ4n) is 1.96. The van der Waals surface area contributed by atoms with Gasteiger partial charge in [0, 0.05) is 19.0 Å². The van der Waals surface area contributed by atoms with Gasteiger partial charge in [-0.15, -0.1) is 0 Å². The van der Waals surface area contributed by atoms with E-state index in [0.29, 0.717) is 19.5 Å². The van der Waals surface area contributed by atoms with Crippen LogP contribution in [0.4, 0.5) is 0 Å². The topological polar surface area (TPSA) is 66.5 Å². The van der Waals surface area contributed by atoms with E-state index in [9.17, 15) is 13.2 Å². The van der Waals surface area contributed by atoms with E-state index in [1.807, 2.05) is 6.92 Å². The monoisotopic (exact) mass is 262 g/mol. The van der Waals surface area contributed by atoms with Crippen molar-refractivity contribution in [3.05, 3.63) is 0 Å². The Balaban J connectivity index is 2.56. The first kappa shape index (κ1) is 14.4. The summed E-state index contributed by atoms with van der Waals surface area (Å²) in [5, 5.41) is 0. The molecule has 1 fully saturated rings. The molecule has 1 N–H and O–H groups in total. The number of nitrogens with zero attached hydrogens (tertiary/aromatic N) is 1. The number of carbonyl (C=O) groups excluding carboxylic acids is 1. The van der Waals surface area contributed by atoms with Gasteiger partial charge >= 0.3 is 10.2 Å². The predicted octanol–water partition coefficient (Wildman–Crippen LogP) is 1.27. The van der Waals surface area contributed by atoms with Crippen molar-refractivity contribution < 1.29 is 13.2 Å². The molecule has 0 radical (unpaired) electrons. The summed E-state index contributed by atoms with van der Waals surface area (Å²) < 4.78 is 27.3. The lowest BCUT2D eigenvalue weighted by Crippen LogP contribution is -2.47. The smallest absolute Gasteiger partial charge is 0.274 e. The zero-order chi connectivity index (χ0) is 12.9. The highest BCUT2D eigenvalue weighted by Gasteiger charge is 2.27. The third kappa shape index (κ3) is 4.27. The van der Waals surface area contributed by atoms with Crippen LogP contribution in [0.3, 0.4) is 0 Å². The van der Waals surface area contributed by atoms with Crippen molar-refractivity contribution in [1.29, 1.82) is 0 Å². The molecule has 0 aromatic carbocycles. The first-order valence-corrected chi connectivity index (χ1v) is 7.73. The summed E-state index contributed by atoms with van der Waals surface area (Å²) in [6, 6.07) is 0. The standard InChI is InChI=1S/C11H22N2O3S/c1-3-7-10(2)11(14)12-17(15,16)13-8-5-4-6-9-13/h10H,3-9H2,1-2H3,(H,12,14)/t10-/m0/s1. The van der Waals surface area contributed by atoms with Crippen molar-refractivity contribution in [2.75, 3.05) is 13.1 Å². The maximum absolute atomic E-state index is 11.9. The van der Waals surface area contributed by atoms with Crippen LogP contribution in [-0.2, 0) is 15.0 Å². The van der Waals surface area contributed by atoms with Crippen LogP contribution in [-0.4, -0.2) is 31.7 Å². The summed E-state index contributed by atoms with van der Waals surface area (Å²) in [5.41, 5.74) is 0. The van der Waals surface area contributed by atoms with E-state index in [4.69, 9.17) is 0 Å². The Hall–Kier alpha value is -0.620. The second-order valence-corrected chi connectivity index (χ2v) is 6.29. The molecule has 0 bridgehead atoms. The zero-order valence-corrected chi connectivity index (χ0v) is 11.4. The van der Waals surface area contributed by atoms with Gasteiger partial charge in [-0.3, -0.25) is 4.79 Å². The maximum atomic E-state index is 11.9. The van der Waals surface area contributed by atoms with Crippen LogP contribution in [0.2, 0.25) is 0 Å². The van der Waals surface area contributed by atoms with Crippen LogP contribution >= 0.6 is 0 Å². The van der Waals surface area contributed by atoms with Gasteiger partial charge in [0.15, 0.2) is 0 Å². The highest BCUT2D eigenvalue weighted by atomic mass is 32.2. The highest BCUT2D eigenvalue weighted by molar-refractivity contribution is 7.87. The van der Waals surface area contributed by atoms with Crippen LogP contribution in [0.1, 0.15) is 46.0 Å². The Labute approximate surface area is 104 Å². The van der Waals surface area contributed by atoms with Gasteiger partial charge < -0.3 is 0 Å². The Bertz CT molecular complexity index is 348. The molecule has 0 aromatic heterocycles. The summed E-state index contributed by atoms with van der Waals surface area (Å²) in [4.78, 5) is 11.7. The Morgan fingerprint density at radius 2 is 1.88 bits per heavy atom. The lowest BCUT2D eigenvalue weighted by Gasteiger charge is -2.26. The average molecular weight is 262 g/mol. The summed E-state index contributed by atoms with van der Waals surface area (Å²) in [6.45, 7) is 4.77. The van der Waals surface area contributed by atoms with Gasteiger partial charge in [0.1, 0.15) is 0 Å². The molecule has 0 spiro atoms. The molecule has 1 saturated heterocycles. The molecule has 0 aliphatic carbocycles. The quantitative estimate of drug-likeness (QED) is 0.811. The number of hydrogen-bond donors (Lipinski definition) is 1. The molecule has 1 atom stereocenters. The minimum absolute atomic E-state index is 0.250. The molecule has 1 rings (SSSR count). The number of carbonyl (C=O) groups is 1. The SMILES string of the molecule is CCC[C@H](C)C(=O)NS(=O)(=O)N1CCCCC1. The van der Waals surface area contributed by atoms with Gasteiger partial charge in [0.25, 0.3) is 0 Å². The first-order valence-electron chi connectivity index (χ1n) is 6.29. The second-order valence-electron chi connectivity index (χ2n) is 4.62. The molecule has 1 aliphatic rings. The van der Waals surface area contributed by atoms with Gasteiger partial charge in [0.05, 0.1) is 0 Å². The van der Waals surface area contributed by atoms with Crippen LogP contribution in [0.25, 0.3) is 0 Å². The van der Waals surface area contributed by atoms with Crippen molar-refractivity contribution in [2.24, 2.45) is 5.92 Å². The predicted molar refractivity (Wildman–Crippen MR) is 66.6 cm³/mol. The van der Waals surface area contributed by atoms with E-state index >= 15 is 0 Å². The van der Waals surface area contributed by atoms with Gasteiger partial charge in [-0.1, -0.05) is 26.7 Å². The minimum Gasteiger partial charge on any atom is -0.274 e. The van der Waals surface area contributed by atoms with E-state index in [2.05, 4.69) is 4.72 Å². The number of hydrogen-bond acceptors (Lipinski definition) is 3. The van der Waals surface area contributed by atoms with Gasteiger partial charge in [0.2, 0.25) is 5.91 Å². The van der Waals surface area contributed by atoms with E-state index in [1.54, 1.807) is 6.92 Å². The van der Waals surface area contributed by atoms with Gasteiger partial charge in [-0.05, 0) is 19.3 Å². The van der Waals surface area contributed by atoms with Crippen molar-refractivity contribution >= 4 is 16.1 Å². The van der Waals surface area contributed by atoms with Crippen molar-refractivity contribution in [2.45, 2.75) is 46.0 Å². The largest absolute Gasteiger partial charge is 0.303 e. The molecule has 1 heterocycles. The summed E-state index contributed by atoms with van der Waals surface area (Å²) >= 11 is 0. The Kier molecular flexibility index (Phi) is 5.39. The highest BCUT2D eigenvalue weighted by Crippen LogP contribution is 2.13. The molecule has 6 heteroatoms. The van der Waals surface area contributed by atoms with Gasteiger partial charge in [-0.2, -0.15) is 12.7 Å². The third-order valence-corrected chi connectivity index (χ3v) is 4.56. The molecule has 1 aliphatic heterocycles. The molecule has 0 unspecified atom stereocenters. The van der Waals surface area contributed by atoms with E-state index in [1.165, 1.54) is 4.31 Å². The van der Waals surface area contributed by atoms with Crippen molar-refractivity contribution in [1.82, 2.24) is 9.03 Å². The number of rotatable bonds is 5. The van der Waals surface area contributed by atoms with Gasteiger partial charge in [-0.25, -0.2) is 4.72 Å². The first-order chi connectivity index (χ1) is 7.97. The summed E-state index contributed by atoms with van der Waals surface area (Å²) in [6.07, 6.45) is 4.39. The van der Waals surface area contributed by atoms with Crippen LogP contribution in [0, 0.1) is 5.92 Å². The number of nitrogens with one attached hydrogen (secondary N) is 1. The molecule has 0 saturated carbocycles. The fourth-order valence-corrected chi connectivity index (χ4v) is 3.29. The van der Waals surface area contributed by atoms with E-state index in [0.717, 1.165) is 25.7 Å². The average Bonchev–Trinajstić information content (AvgIpc) is 2.30. The molecule has 17 heavy (non-hydrogen) atoms. The van der Waals surface area contributed by atoms with Crippen LogP contribution in [0.15, 0.2) is 0 Å². The van der Waals surface area contributed by atoms with E-state index < -0.39 is 16.1 Å². The fraction of sp³-hybridized carbons (Fsp3) is 0.909. The molecule has 5 nitrogen and oxygen atoms in total. The van der Waals surface area contributed by atoms with Crippen molar-refractivity contribution in [3.63, 3.8) is 0 Å². The minimum atomic E-state index is -3.61. The Morgan fingerprint density at radius 3 is 2.41 bits per heavy atom. The second kappa shape index (κ2) is 6.35. The normalized spacial score (nSPS) is 19.9. The van der Waals surface area contributed by atoms with Crippen molar-refractivity contribution in [3.8, 4) is 0 Å². The lowest BCUT2D eigenvalue weighted by molar-refractivity contribution is -0.122. The molecular weight excluding hydrogens is 240 g/mol.